The van der Waals surface area contributed by atoms with E-state index in [1.54, 1.807) is 37.7 Å². The first-order valence-corrected chi connectivity index (χ1v) is 19.8. The quantitative estimate of drug-likeness (QED) is 0.0536. The third-order valence-electron chi connectivity index (χ3n) is 8.26. The molecule has 0 spiro atoms. The van der Waals surface area contributed by atoms with Crippen LogP contribution in [0.2, 0.25) is 0 Å². The molecule has 53 heavy (non-hydrogen) atoms. The maximum atomic E-state index is 13.5. The van der Waals surface area contributed by atoms with Crippen molar-refractivity contribution < 1.29 is 38.1 Å². The Morgan fingerprint density at radius 1 is 0.830 bits per heavy atom. The first-order valence-electron chi connectivity index (χ1n) is 19.3. The van der Waals surface area contributed by atoms with Crippen LogP contribution >= 0.6 is 11.6 Å². The number of nitrogens with zero attached hydrogens (tertiary/aromatic N) is 2. The van der Waals surface area contributed by atoms with Crippen molar-refractivity contribution in [2.75, 3.05) is 64.3 Å². The molecule has 0 aromatic carbocycles. The topological polar surface area (TPSA) is 197 Å². The number of ether oxygens (including phenoxy) is 4. The molecular weight excluding hydrogens is 706 g/mol. The minimum atomic E-state index is -0.926. The van der Waals surface area contributed by atoms with Gasteiger partial charge in [0.05, 0.1) is 19.8 Å². The number of unbranched alkanes of at least 4 members (excludes halogenated alkanes) is 4. The number of halogens is 1. The van der Waals surface area contributed by atoms with Gasteiger partial charge in [-0.15, -0.1) is 11.6 Å². The maximum Gasteiger partial charge on any atom is 0.408 e. The minimum Gasteiger partial charge on any atom is -0.444 e. The monoisotopic (exact) mass is 773 g/mol. The Hall–Kier alpha value is -3.14. The molecule has 0 fully saturated rings. The lowest BCUT2D eigenvalue weighted by atomic mass is 9.97. The lowest BCUT2D eigenvalue weighted by molar-refractivity contribution is -0.131. The number of carbonyl (C=O) groups excluding carboxylic acids is 4. The van der Waals surface area contributed by atoms with Crippen molar-refractivity contribution >= 4 is 41.4 Å². The Morgan fingerprint density at radius 2 is 1.49 bits per heavy atom. The molecule has 16 heteroatoms. The van der Waals surface area contributed by atoms with Crippen molar-refractivity contribution in [1.29, 1.82) is 0 Å². The molecule has 306 valence electrons. The zero-order chi connectivity index (χ0) is 39.3. The molecule has 0 bridgehead atoms. The zero-order valence-corrected chi connectivity index (χ0v) is 33.6. The fraction of sp³-hybridized carbons (Fsp3) is 0.811. The van der Waals surface area contributed by atoms with Crippen molar-refractivity contribution in [2.45, 2.75) is 129 Å². The van der Waals surface area contributed by atoms with E-state index < -0.39 is 29.7 Å². The summed E-state index contributed by atoms with van der Waals surface area (Å²) in [6.45, 7) is 13.6. The van der Waals surface area contributed by atoms with E-state index in [4.69, 9.17) is 36.3 Å². The summed E-state index contributed by atoms with van der Waals surface area (Å²) in [4.78, 5) is 55.3. The number of aryl methyl sites for hydroxylation is 1. The third-order valence-corrected chi connectivity index (χ3v) is 8.53. The van der Waals surface area contributed by atoms with Crippen LogP contribution in [0.3, 0.4) is 0 Å². The number of alkyl carbamates (subject to hydrolysis) is 1. The van der Waals surface area contributed by atoms with Gasteiger partial charge in [0.2, 0.25) is 17.7 Å². The summed E-state index contributed by atoms with van der Waals surface area (Å²) in [5, 5.41) is 11.3. The molecule has 1 rings (SSSR count). The Morgan fingerprint density at radius 3 is 2.15 bits per heavy atom. The summed E-state index contributed by atoms with van der Waals surface area (Å²) in [5.74, 6) is 0.135. The number of nitrogen functional groups attached to an aromatic ring is 1. The highest BCUT2D eigenvalue weighted by atomic mass is 35.5. The highest BCUT2D eigenvalue weighted by Crippen LogP contribution is 2.12. The predicted molar refractivity (Wildman–Crippen MR) is 207 cm³/mol. The summed E-state index contributed by atoms with van der Waals surface area (Å²) in [5.41, 5.74) is 5.12. The second-order valence-corrected chi connectivity index (χ2v) is 14.5. The van der Waals surface area contributed by atoms with Gasteiger partial charge >= 0.3 is 6.09 Å². The Kier molecular flexibility index (Phi) is 26.4. The molecule has 1 heterocycles. The van der Waals surface area contributed by atoms with Crippen molar-refractivity contribution in [3.8, 4) is 0 Å². The second kappa shape index (κ2) is 29.2. The Bertz CT molecular complexity index is 1150. The number of alkyl halides is 1. The van der Waals surface area contributed by atoms with Crippen LogP contribution in [-0.4, -0.2) is 110 Å². The van der Waals surface area contributed by atoms with Crippen molar-refractivity contribution in [3.05, 3.63) is 12.4 Å². The molecule has 0 saturated heterocycles. The van der Waals surface area contributed by atoms with Gasteiger partial charge in [0.25, 0.3) is 0 Å². The van der Waals surface area contributed by atoms with Crippen LogP contribution in [0.25, 0.3) is 0 Å². The summed E-state index contributed by atoms with van der Waals surface area (Å²) in [7, 11) is 0. The Balaban J connectivity index is 2.31. The lowest BCUT2D eigenvalue weighted by Crippen LogP contribution is -2.56. The fourth-order valence-corrected chi connectivity index (χ4v) is 5.27. The smallest absolute Gasteiger partial charge is 0.408 e. The van der Waals surface area contributed by atoms with Gasteiger partial charge in [0.1, 0.15) is 17.7 Å². The molecule has 15 nitrogen and oxygen atoms in total. The molecule has 4 amide bonds. The van der Waals surface area contributed by atoms with E-state index in [1.807, 2.05) is 13.8 Å². The van der Waals surface area contributed by atoms with E-state index in [2.05, 4.69) is 26.3 Å². The van der Waals surface area contributed by atoms with Crippen LogP contribution in [0.1, 0.15) is 105 Å². The van der Waals surface area contributed by atoms with Gasteiger partial charge in [0.15, 0.2) is 5.95 Å². The van der Waals surface area contributed by atoms with Crippen LogP contribution in [0.4, 0.5) is 10.7 Å². The van der Waals surface area contributed by atoms with Crippen LogP contribution in [0.15, 0.2) is 12.4 Å². The van der Waals surface area contributed by atoms with E-state index in [0.717, 1.165) is 38.7 Å². The first kappa shape index (κ1) is 47.9. The molecule has 1 aromatic rings. The number of imidazole rings is 1. The molecular formula is C37H68ClN7O8. The van der Waals surface area contributed by atoms with Gasteiger partial charge in [0, 0.05) is 64.1 Å². The SMILES string of the molecule is CC[C@H](C)[C@H](NC(=O)[C@H](CCCn1ccnc1N)NC(=O)OC(C)(C)C)C(=O)NCCCOCCCCC(=O)NCCOCCOCCCCCCCl. The van der Waals surface area contributed by atoms with Crippen molar-refractivity contribution in [2.24, 2.45) is 5.92 Å². The standard InChI is InChI=1S/C37H68ClN7O8/c1-6-29(2)32(44-33(47)30(43-36(49)53-37(3,4)5)15-13-21-45-22-19-42-35(45)39)34(48)41-18-14-25-50-24-12-9-16-31(46)40-20-26-52-28-27-51-23-11-8-7-10-17-38/h19,22,29-30,32H,6-18,20-21,23-28H2,1-5H3,(H2,39,42)(H,40,46)(H,41,48)(H,43,49)(H,44,47)/t29-,30-,32-/m0/s1. The molecule has 0 aliphatic rings. The molecule has 0 radical (unpaired) electrons. The van der Waals surface area contributed by atoms with Gasteiger partial charge in [-0.25, -0.2) is 9.78 Å². The average molecular weight is 774 g/mol. The number of carbonyl (C=O) groups is 4. The number of amides is 4. The Labute approximate surface area is 321 Å². The first-order chi connectivity index (χ1) is 25.4. The van der Waals surface area contributed by atoms with Gasteiger partial charge in [-0.05, 0) is 71.6 Å². The van der Waals surface area contributed by atoms with Crippen molar-refractivity contribution in [1.82, 2.24) is 30.8 Å². The number of aromatic nitrogens is 2. The number of nitrogens with one attached hydrogen (secondary N) is 4. The maximum absolute atomic E-state index is 13.5. The number of nitrogens with two attached hydrogens (primary N) is 1. The summed E-state index contributed by atoms with van der Waals surface area (Å²) >= 11 is 5.67. The van der Waals surface area contributed by atoms with Gasteiger partial charge in [-0.1, -0.05) is 33.1 Å². The molecule has 0 aliphatic heterocycles. The van der Waals surface area contributed by atoms with E-state index in [1.165, 1.54) is 0 Å². The van der Waals surface area contributed by atoms with Crippen LogP contribution < -0.4 is 27.0 Å². The molecule has 0 unspecified atom stereocenters. The molecule has 6 N–H and O–H groups in total. The highest BCUT2D eigenvalue weighted by Gasteiger charge is 2.30. The highest BCUT2D eigenvalue weighted by molar-refractivity contribution is 6.17. The molecule has 3 atom stereocenters. The van der Waals surface area contributed by atoms with Crippen LogP contribution in [0, 0.1) is 5.92 Å². The van der Waals surface area contributed by atoms with Crippen LogP contribution in [-0.2, 0) is 39.9 Å². The number of hydrogen-bond donors (Lipinski definition) is 5. The molecule has 0 saturated carbocycles. The van der Waals surface area contributed by atoms with Gasteiger partial charge < -0.3 is 50.5 Å². The largest absolute Gasteiger partial charge is 0.444 e. The minimum absolute atomic E-state index is 0.0147. The van der Waals surface area contributed by atoms with E-state index >= 15 is 0 Å². The second-order valence-electron chi connectivity index (χ2n) is 14.1. The third kappa shape index (κ3) is 24.7. The average Bonchev–Trinajstić information content (AvgIpc) is 3.52. The zero-order valence-electron chi connectivity index (χ0n) is 32.9. The van der Waals surface area contributed by atoms with Gasteiger partial charge in [-0.2, -0.15) is 0 Å². The van der Waals surface area contributed by atoms with Gasteiger partial charge in [-0.3, -0.25) is 14.4 Å². The molecule has 0 aliphatic carbocycles. The van der Waals surface area contributed by atoms with E-state index in [-0.39, 0.29) is 17.7 Å². The summed E-state index contributed by atoms with van der Waals surface area (Å²) < 4.78 is 23.9. The predicted octanol–water partition coefficient (Wildman–Crippen LogP) is 4.31. The summed E-state index contributed by atoms with van der Waals surface area (Å²) in [6, 6.07) is -1.72. The number of rotatable bonds is 31. The van der Waals surface area contributed by atoms with Crippen LogP contribution in [0.5, 0.6) is 0 Å². The van der Waals surface area contributed by atoms with E-state index in [0.29, 0.717) is 103 Å². The normalized spacial score (nSPS) is 13.2. The fourth-order valence-electron chi connectivity index (χ4n) is 5.08. The lowest BCUT2D eigenvalue weighted by Gasteiger charge is -2.27. The van der Waals surface area contributed by atoms with E-state index in [9.17, 15) is 19.2 Å². The summed E-state index contributed by atoms with van der Waals surface area (Å²) in [6.07, 6.45) is 10.9. The van der Waals surface area contributed by atoms with Crippen molar-refractivity contribution in [3.63, 3.8) is 0 Å². The number of anilines is 1. The molecule has 1 aromatic heterocycles. The number of hydrogen-bond acceptors (Lipinski definition) is 10.